The number of nitrogens with zero attached hydrogens (tertiary/aromatic N) is 3. The van der Waals surface area contributed by atoms with Crippen LogP contribution in [-0.4, -0.2) is 26.1 Å². The van der Waals surface area contributed by atoms with Crippen molar-refractivity contribution >= 4 is 22.9 Å². The second-order valence-corrected chi connectivity index (χ2v) is 9.31. The van der Waals surface area contributed by atoms with Crippen LogP contribution in [0.3, 0.4) is 0 Å². The van der Waals surface area contributed by atoms with Crippen molar-refractivity contribution < 1.29 is 26.5 Å². The van der Waals surface area contributed by atoms with Crippen LogP contribution in [0.25, 0.3) is 27.9 Å². The Morgan fingerprint density at radius 1 is 1.23 bits per heavy atom. The molecule has 0 fully saturated rings. The third kappa shape index (κ3) is 3.84. The summed E-state index contributed by atoms with van der Waals surface area (Å²) in [7, 11) is 0. The Labute approximate surface area is 199 Å². The molecule has 0 spiro atoms. The molecule has 184 valence electrons. The highest BCUT2D eigenvalue weighted by atomic mass is 32.2. The minimum absolute atomic E-state index is 0.0440. The van der Waals surface area contributed by atoms with Gasteiger partial charge < -0.3 is 4.52 Å². The highest BCUT2D eigenvalue weighted by Gasteiger charge is 2.35. The molecule has 0 saturated heterocycles. The fourth-order valence-corrected chi connectivity index (χ4v) is 5.08. The van der Waals surface area contributed by atoms with Gasteiger partial charge in [-0.1, -0.05) is 30.1 Å². The quantitative estimate of drug-likeness (QED) is 0.294. The van der Waals surface area contributed by atoms with Gasteiger partial charge in [0.2, 0.25) is 0 Å². The molecular formula is C23H19F5N4O2S. The predicted molar refractivity (Wildman–Crippen MR) is 121 cm³/mol. The number of nitrogens with one attached hydrogen (secondary N) is 1. The maximum Gasteiger partial charge on any atom is 0.416 e. The Hall–Kier alpha value is -3.12. The van der Waals surface area contributed by atoms with Crippen molar-refractivity contribution in [3.05, 3.63) is 69.4 Å². The molecule has 0 saturated carbocycles. The van der Waals surface area contributed by atoms with E-state index in [1.54, 1.807) is 11.5 Å². The number of hydrogen-bond acceptors (Lipinski definition) is 5. The van der Waals surface area contributed by atoms with Gasteiger partial charge in [0.05, 0.1) is 16.5 Å². The zero-order valence-electron chi connectivity index (χ0n) is 18.5. The first-order chi connectivity index (χ1) is 16.6. The maximum atomic E-state index is 14.7. The van der Waals surface area contributed by atoms with Gasteiger partial charge in [-0.3, -0.25) is 9.29 Å². The highest BCUT2D eigenvalue weighted by Crippen LogP contribution is 2.41. The maximum absolute atomic E-state index is 14.7. The lowest BCUT2D eigenvalue weighted by molar-refractivity contribution is -0.137. The number of alkyl halides is 3. The van der Waals surface area contributed by atoms with Gasteiger partial charge in [-0.25, -0.2) is 18.1 Å². The van der Waals surface area contributed by atoms with Crippen LogP contribution in [0.2, 0.25) is 0 Å². The summed E-state index contributed by atoms with van der Waals surface area (Å²) in [5, 5.41) is 3.79. The van der Waals surface area contributed by atoms with Crippen LogP contribution in [0.5, 0.6) is 0 Å². The number of halogens is 5. The molecule has 3 heterocycles. The minimum atomic E-state index is -4.81. The Morgan fingerprint density at radius 2 is 1.94 bits per heavy atom. The van der Waals surface area contributed by atoms with Gasteiger partial charge in [-0.2, -0.15) is 13.2 Å². The number of rotatable bonds is 5. The lowest BCUT2D eigenvalue weighted by Gasteiger charge is -2.13. The van der Waals surface area contributed by atoms with Crippen LogP contribution < -0.4 is 10.4 Å². The molecule has 35 heavy (non-hydrogen) atoms. The van der Waals surface area contributed by atoms with E-state index in [-0.39, 0.29) is 22.8 Å². The normalized spacial score (nSPS) is 15.8. The number of imidazole rings is 1. The van der Waals surface area contributed by atoms with Crippen LogP contribution in [-0.2, 0) is 19.1 Å². The summed E-state index contributed by atoms with van der Waals surface area (Å²) >= 11 is 1.54. The summed E-state index contributed by atoms with van der Waals surface area (Å²) < 4.78 is 81.5. The second-order valence-electron chi connectivity index (χ2n) is 8.21. The Morgan fingerprint density at radius 3 is 2.57 bits per heavy atom. The van der Waals surface area contributed by atoms with Crippen LogP contribution in [0.4, 0.5) is 22.0 Å². The van der Waals surface area contributed by atoms with Crippen molar-refractivity contribution in [1.29, 1.82) is 0 Å². The van der Waals surface area contributed by atoms with E-state index < -0.39 is 40.2 Å². The summed E-state index contributed by atoms with van der Waals surface area (Å²) in [6.45, 7) is 4.09. The van der Waals surface area contributed by atoms with Crippen molar-refractivity contribution in [3.63, 3.8) is 0 Å². The minimum Gasteiger partial charge on any atom is -0.354 e. The van der Waals surface area contributed by atoms with Gasteiger partial charge in [0.25, 0.3) is 0 Å². The summed E-state index contributed by atoms with van der Waals surface area (Å²) in [5.41, 5.74) is -1.76. The third-order valence-corrected chi connectivity index (χ3v) is 6.85. The molecule has 0 bridgehead atoms. The molecule has 1 N–H and O–H groups in total. The first-order valence-corrected chi connectivity index (χ1v) is 11.7. The van der Waals surface area contributed by atoms with E-state index in [2.05, 4.69) is 9.88 Å². The lowest BCUT2D eigenvalue weighted by Crippen LogP contribution is -2.30. The van der Waals surface area contributed by atoms with E-state index in [0.29, 0.717) is 30.8 Å². The van der Waals surface area contributed by atoms with Crippen molar-refractivity contribution in [3.8, 4) is 16.9 Å². The summed E-state index contributed by atoms with van der Waals surface area (Å²) in [6.07, 6.45) is -4.25. The van der Waals surface area contributed by atoms with E-state index in [4.69, 9.17) is 4.52 Å². The van der Waals surface area contributed by atoms with Crippen molar-refractivity contribution in [1.82, 2.24) is 19.0 Å². The van der Waals surface area contributed by atoms with Gasteiger partial charge in [0, 0.05) is 41.7 Å². The average molecular weight is 510 g/mol. The Bertz CT molecular complexity index is 1480. The SMILES string of the molecule is CCSN[C@H]1Cc2c(C)n(-c3noc4cc(C(F)(F)F)cc(-c5c(F)cccc5F)c34)c(=O)n2C1. The first-order valence-electron chi connectivity index (χ1n) is 10.8. The molecule has 1 aliphatic rings. The van der Waals surface area contributed by atoms with Gasteiger partial charge in [-0.05, 0) is 31.2 Å². The molecule has 1 atom stereocenters. The topological polar surface area (TPSA) is 65.0 Å². The Kier molecular flexibility index (Phi) is 5.75. The molecular weight excluding hydrogens is 491 g/mol. The van der Waals surface area contributed by atoms with Gasteiger partial charge in [-0.15, -0.1) is 0 Å². The molecule has 0 unspecified atom stereocenters. The predicted octanol–water partition coefficient (Wildman–Crippen LogP) is 5.24. The van der Waals surface area contributed by atoms with Crippen molar-refractivity contribution in [2.45, 2.75) is 39.0 Å². The second kappa shape index (κ2) is 8.52. The zero-order valence-corrected chi connectivity index (χ0v) is 19.4. The fourth-order valence-electron chi connectivity index (χ4n) is 4.52. The summed E-state index contributed by atoms with van der Waals surface area (Å²) in [5.74, 6) is -1.37. The smallest absolute Gasteiger partial charge is 0.354 e. The molecule has 6 nitrogen and oxygen atoms in total. The van der Waals surface area contributed by atoms with Gasteiger partial charge in [0.15, 0.2) is 11.4 Å². The molecule has 1 aliphatic heterocycles. The molecule has 4 aromatic rings. The monoisotopic (exact) mass is 510 g/mol. The zero-order chi connectivity index (χ0) is 25.1. The molecule has 0 aliphatic carbocycles. The van der Waals surface area contributed by atoms with E-state index in [1.807, 2.05) is 6.92 Å². The van der Waals surface area contributed by atoms with Crippen molar-refractivity contribution in [2.24, 2.45) is 0 Å². The van der Waals surface area contributed by atoms with Crippen LogP contribution in [0.1, 0.15) is 23.9 Å². The molecule has 12 heteroatoms. The Balaban J connectivity index is 1.75. The van der Waals surface area contributed by atoms with Crippen molar-refractivity contribution in [2.75, 3.05) is 5.75 Å². The summed E-state index contributed by atoms with van der Waals surface area (Å²) in [6, 6.07) is 4.41. The van der Waals surface area contributed by atoms with E-state index in [0.717, 1.165) is 29.6 Å². The molecule has 2 aromatic heterocycles. The van der Waals surface area contributed by atoms with Crippen LogP contribution in [0.15, 0.2) is 39.6 Å². The van der Waals surface area contributed by atoms with E-state index >= 15 is 0 Å². The summed E-state index contributed by atoms with van der Waals surface area (Å²) in [4.78, 5) is 13.3. The largest absolute Gasteiger partial charge is 0.416 e. The standard InChI is InChI=1S/C23H19F5N4O2S/c1-3-35-30-13-9-17-11(2)32(22(33)31(17)10-13)21-20-14(19-15(24)5-4-6-16(19)25)7-12(23(26,27)28)8-18(20)34-29-21/h4-8,13,30H,3,9-10H2,1-2H3/t13-/m0/s1. The highest BCUT2D eigenvalue weighted by molar-refractivity contribution is 7.97. The number of hydrogen-bond donors (Lipinski definition) is 1. The van der Waals surface area contributed by atoms with E-state index in [1.165, 1.54) is 16.5 Å². The first kappa shape index (κ1) is 23.6. The number of aromatic nitrogens is 3. The molecule has 5 rings (SSSR count). The lowest BCUT2D eigenvalue weighted by atomic mass is 9.97. The van der Waals surface area contributed by atoms with Crippen LogP contribution in [0, 0.1) is 18.6 Å². The molecule has 0 radical (unpaired) electrons. The number of fused-ring (bicyclic) bond motifs is 2. The molecule has 0 amide bonds. The van der Waals surface area contributed by atoms with Gasteiger partial charge >= 0.3 is 11.9 Å². The fraction of sp³-hybridized carbons (Fsp3) is 0.304. The van der Waals surface area contributed by atoms with E-state index in [9.17, 15) is 26.7 Å². The molecule has 2 aromatic carbocycles. The third-order valence-electron chi connectivity index (χ3n) is 6.07. The average Bonchev–Trinajstić information content (AvgIpc) is 3.46. The number of benzene rings is 2. The van der Waals surface area contributed by atoms with Crippen LogP contribution >= 0.6 is 11.9 Å². The van der Waals surface area contributed by atoms with Gasteiger partial charge in [0.1, 0.15) is 11.6 Å².